The van der Waals surface area contributed by atoms with E-state index in [1.54, 1.807) is 29.1 Å². The monoisotopic (exact) mass is 304 g/mol. The van der Waals surface area contributed by atoms with Gasteiger partial charge in [-0.15, -0.1) is 0 Å². The Morgan fingerprint density at radius 3 is 2.70 bits per heavy atom. The molecule has 4 aromatic rings. The van der Waals surface area contributed by atoms with E-state index in [1.807, 2.05) is 36.5 Å². The van der Waals surface area contributed by atoms with E-state index in [1.165, 1.54) is 0 Å². The first-order valence-corrected chi connectivity index (χ1v) is 7.05. The molecule has 2 heterocycles. The third-order valence-electron chi connectivity index (χ3n) is 3.70. The number of carboxylic acid groups (broad SMARTS) is 1. The quantitative estimate of drug-likeness (QED) is 0.609. The topological polar surface area (TPSA) is 83.8 Å². The van der Waals surface area contributed by atoms with Gasteiger partial charge in [-0.2, -0.15) is 10.2 Å². The first kappa shape index (κ1) is 13.3. The molecule has 0 unspecified atom stereocenters. The fraction of sp³-hybridized carbons (Fsp3) is 0. The van der Waals surface area contributed by atoms with Crippen LogP contribution in [-0.4, -0.2) is 31.1 Å². The summed E-state index contributed by atoms with van der Waals surface area (Å²) >= 11 is 0. The number of rotatable bonds is 3. The van der Waals surface area contributed by atoms with Gasteiger partial charge in [0.1, 0.15) is 5.69 Å². The van der Waals surface area contributed by atoms with Crippen molar-refractivity contribution in [3.63, 3.8) is 0 Å². The summed E-state index contributed by atoms with van der Waals surface area (Å²) in [5.41, 5.74) is 3.18. The van der Waals surface area contributed by atoms with Gasteiger partial charge in [0.05, 0.1) is 23.0 Å². The predicted octanol–water partition coefficient (Wildman–Crippen LogP) is 3.11. The van der Waals surface area contributed by atoms with Gasteiger partial charge < -0.3 is 5.11 Å². The van der Waals surface area contributed by atoms with Gasteiger partial charge in [-0.25, -0.2) is 9.48 Å². The zero-order valence-corrected chi connectivity index (χ0v) is 12.0. The van der Waals surface area contributed by atoms with E-state index in [2.05, 4.69) is 15.3 Å². The molecule has 23 heavy (non-hydrogen) atoms. The number of aromatic amines is 1. The van der Waals surface area contributed by atoms with Crippen molar-refractivity contribution >= 4 is 16.9 Å². The molecule has 0 bridgehead atoms. The molecule has 0 atom stereocenters. The number of carboxylic acids is 1. The highest BCUT2D eigenvalue weighted by Gasteiger charge is 2.17. The maximum absolute atomic E-state index is 11.5. The smallest absolute Gasteiger partial charge is 0.336 e. The molecule has 112 valence electrons. The first-order chi connectivity index (χ1) is 11.2. The molecule has 2 aromatic heterocycles. The number of aromatic nitrogens is 4. The van der Waals surface area contributed by atoms with E-state index < -0.39 is 5.97 Å². The first-order valence-electron chi connectivity index (χ1n) is 7.05. The van der Waals surface area contributed by atoms with Crippen molar-refractivity contribution in [2.45, 2.75) is 0 Å². The summed E-state index contributed by atoms with van der Waals surface area (Å²) in [5.74, 6) is -0.978. The van der Waals surface area contributed by atoms with Crippen molar-refractivity contribution in [3.05, 3.63) is 66.5 Å². The summed E-state index contributed by atoms with van der Waals surface area (Å²) in [4.78, 5) is 11.5. The van der Waals surface area contributed by atoms with Crippen LogP contribution in [-0.2, 0) is 0 Å². The summed E-state index contributed by atoms with van der Waals surface area (Å²) in [5, 5.41) is 21.5. The minimum absolute atomic E-state index is 0.221. The molecule has 0 aliphatic carbocycles. The summed E-state index contributed by atoms with van der Waals surface area (Å²) in [7, 11) is 0. The zero-order chi connectivity index (χ0) is 15.8. The molecule has 4 rings (SSSR count). The van der Waals surface area contributed by atoms with Crippen molar-refractivity contribution in [3.8, 4) is 16.9 Å². The van der Waals surface area contributed by atoms with Gasteiger partial charge in [-0.1, -0.05) is 24.3 Å². The van der Waals surface area contributed by atoms with Gasteiger partial charge >= 0.3 is 5.97 Å². The molecule has 0 aliphatic rings. The van der Waals surface area contributed by atoms with Crippen LogP contribution in [0.3, 0.4) is 0 Å². The summed E-state index contributed by atoms with van der Waals surface area (Å²) in [6.07, 6.45) is 3.52. The Balaban J connectivity index is 1.88. The Hall–Kier alpha value is -3.41. The number of hydrogen-bond acceptors (Lipinski definition) is 3. The molecule has 6 heteroatoms. The van der Waals surface area contributed by atoms with Crippen LogP contribution in [0.5, 0.6) is 0 Å². The molecule has 0 amide bonds. The maximum atomic E-state index is 11.5. The standard InChI is InChI=1S/C17H12N4O2/c22-17(23)13-7-4-8-14-15(13)16(20-19-14)11-9-18-21(10-11)12-5-2-1-3-6-12/h1-10H,(H,19,20)(H,22,23). The molecule has 0 saturated carbocycles. The van der Waals surface area contributed by atoms with Crippen LogP contribution in [0.4, 0.5) is 0 Å². The Morgan fingerprint density at radius 1 is 1.09 bits per heavy atom. The number of benzene rings is 2. The van der Waals surface area contributed by atoms with Gasteiger partial charge in [0.15, 0.2) is 0 Å². The molecule has 2 aromatic carbocycles. The van der Waals surface area contributed by atoms with Crippen LogP contribution in [0.25, 0.3) is 27.8 Å². The highest BCUT2D eigenvalue weighted by molar-refractivity contribution is 6.08. The molecule has 0 saturated heterocycles. The third kappa shape index (κ3) is 2.17. The molecule has 0 radical (unpaired) electrons. The van der Waals surface area contributed by atoms with Gasteiger partial charge in [-0.05, 0) is 24.3 Å². The highest BCUT2D eigenvalue weighted by atomic mass is 16.4. The highest BCUT2D eigenvalue weighted by Crippen LogP contribution is 2.29. The summed E-state index contributed by atoms with van der Waals surface area (Å²) in [6, 6.07) is 14.8. The number of aromatic carboxylic acids is 1. The summed E-state index contributed by atoms with van der Waals surface area (Å²) < 4.78 is 1.74. The average Bonchev–Trinajstić information content (AvgIpc) is 3.21. The van der Waals surface area contributed by atoms with E-state index in [9.17, 15) is 9.90 Å². The van der Waals surface area contributed by atoms with E-state index in [-0.39, 0.29) is 5.56 Å². The number of nitrogens with zero attached hydrogens (tertiary/aromatic N) is 3. The molecule has 0 aliphatic heterocycles. The minimum atomic E-state index is -0.978. The number of para-hydroxylation sites is 1. The van der Waals surface area contributed by atoms with Gasteiger partial charge in [0.25, 0.3) is 0 Å². The van der Waals surface area contributed by atoms with Crippen molar-refractivity contribution in [2.75, 3.05) is 0 Å². The number of fused-ring (bicyclic) bond motifs is 1. The Morgan fingerprint density at radius 2 is 1.91 bits per heavy atom. The van der Waals surface area contributed by atoms with Crippen molar-refractivity contribution < 1.29 is 9.90 Å². The van der Waals surface area contributed by atoms with Crippen molar-refractivity contribution in [1.82, 2.24) is 20.0 Å². The number of H-pyrrole nitrogens is 1. The van der Waals surface area contributed by atoms with E-state index in [0.29, 0.717) is 16.6 Å². The van der Waals surface area contributed by atoms with Gasteiger partial charge in [-0.3, -0.25) is 5.10 Å². The van der Waals surface area contributed by atoms with Gasteiger partial charge in [0, 0.05) is 17.1 Å². The van der Waals surface area contributed by atoms with Crippen LogP contribution in [0.1, 0.15) is 10.4 Å². The van der Waals surface area contributed by atoms with Crippen molar-refractivity contribution in [1.29, 1.82) is 0 Å². The van der Waals surface area contributed by atoms with Crippen LogP contribution >= 0.6 is 0 Å². The van der Waals surface area contributed by atoms with Crippen LogP contribution in [0.15, 0.2) is 60.9 Å². The SMILES string of the molecule is O=C(O)c1cccc2[nH]nc(-c3cnn(-c4ccccc4)c3)c12. The molecule has 2 N–H and O–H groups in total. The molecule has 0 spiro atoms. The average molecular weight is 304 g/mol. The second-order valence-corrected chi connectivity index (χ2v) is 5.11. The van der Waals surface area contributed by atoms with Crippen molar-refractivity contribution in [2.24, 2.45) is 0 Å². The molecule has 0 fully saturated rings. The molecular weight excluding hydrogens is 292 g/mol. The molecular formula is C17H12N4O2. The van der Waals surface area contributed by atoms with Crippen LogP contribution in [0, 0.1) is 0 Å². The number of carbonyl (C=O) groups is 1. The van der Waals surface area contributed by atoms with E-state index >= 15 is 0 Å². The predicted molar refractivity (Wildman–Crippen MR) is 85.6 cm³/mol. The fourth-order valence-corrected chi connectivity index (χ4v) is 2.63. The summed E-state index contributed by atoms with van der Waals surface area (Å²) in [6.45, 7) is 0. The fourth-order valence-electron chi connectivity index (χ4n) is 2.63. The normalized spacial score (nSPS) is 11.0. The Kier molecular flexibility index (Phi) is 2.94. The number of nitrogens with one attached hydrogen (secondary N) is 1. The maximum Gasteiger partial charge on any atom is 0.336 e. The lowest BCUT2D eigenvalue weighted by Gasteiger charge is -2.00. The van der Waals surface area contributed by atoms with Crippen LogP contribution in [0.2, 0.25) is 0 Å². The number of hydrogen-bond donors (Lipinski definition) is 2. The molecule has 6 nitrogen and oxygen atoms in total. The largest absolute Gasteiger partial charge is 0.478 e. The van der Waals surface area contributed by atoms with E-state index in [4.69, 9.17) is 0 Å². The third-order valence-corrected chi connectivity index (χ3v) is 3.70. The van der Waals surface area contributed by atoms with Gasteiger partial charge in [0.2, 0.25) is 0 Å². The van der Waals surface area contributed by atoms with Crippen LogP contribution < -0.4 is 0 Å². The lowest BCUT2D eigenvalue weighted by atomic mass is 10.1. The Labute approximate surface area is 131 Å². The second-order valence-electron chi connectivity index (χ2n) is 5.11. The second kappa shape index (κ2) is 5.10. The van der Waals surface area contributed by atoms with E-state index in [0.717, 1.165) is 11.3 Å². The Bertz CT molecular complexity index is 1000. The zero-order valence-electron chi connectivity index (χ0n) is 12.0. The lowest BCUT2D eigenvalue weighted by Crippen LogP contribution is -1.97. The lowest BCUT2D eigenvalue weighted by molar-refractivity contribution is 0.0699. The minimum Gasteiger partial charge on any atom is -0.478 e.